The van der Waals surface area contributed by atoms with Gasteiger partial charge in [0.15, 0.2) is 5.82 Å². The minimum Gasteiger partial charge on any atom is -0.391 e. The van der Waals surface area contributed by atoms with Crippen LogP contribution in [0.1, 0.15) is 32.4 Å². The van der Waals surface area contributed by atoms with E-state index in [4.69, 9.17) is 15.6 Å². The number of alkyl halides is 2. The number of aliphatic hydroxyl groups excluding tert-OH is 1. The molecule has 2 aromatic heterocycles. The van der Waals surface area contributed by atoms with Gasteiger partial charge in [-0.05, 0) is 32.8 Å². The van der Waals surface area contributed by atoms with Crippen LogP contribution in [0.2, 0.25) is 0 Å². The van der Waals surface area contributed by atoms with Crippen molar-refractivity contribution in [2.45, 2.75) is 44.6 Å². The number of nitrogens with two attached hydrogens (primary N) is 1. The smallest absolute Gasteiger partial charge is 0.249 e. The molecule has 134 valence electrons. The molecular weight excluding hydrogens is 325 g/mol. The lowest BCUT2D eigenvalue weighted by Gasteiger charge is -2.22. The Labute approximate surface area is 137 Å². The van der Waals surface area contributed by atoms with Crippen molar-refractivity contribution in [2.24, 2.45) is 0 Å². The van der Waals surface area contributed by atoms with Crippen LogP contribution in [-0.2, 0) is 10.2 Å². The van der Waals surface area contributed by atoms with Gasteiger partial charge in [-0.25, -0.2) is 22.7 Å². The van der Waals surface area contributed by atoms with E-state index in [1.54, 1.807) is 0 Å². The number of nitrogen functional groups attached to an aromatic ring is 1. The molecule has 1 fully saturated rings. The molecule has 3 rings (SSSR count). The molecule has 2 aromatic rings. The Balaban J connectivity index is 0.000000249. The van der Waals surface area contributed by atoms with Crippen molar-refractivity contribution in [2.75, 3.05) is 18.9 Å². The third-order valence-electron chi connectivity index (χ3n) is 3.83. The van der Waals surface area contributed by atoms with Crippen molar-refractivity contribution >= 4 is 11.5 Å². The molecule has 9 heteroatoms. The highest BCUT2D eigenvalue weighted by Crippen LogP contribution is 2.32. The van der Waals surface area contributed by atoms with Gasteiger partial charge in [-0.2, -0.15) is 0 Å². The van der Waals surface area contributed by atoms with Crippen molar-refractivity contribution in [3.8, 4) is 0 Å². The first-order valence-electron chi connectivity index (χ1n) is 7.57. The van der Waals surface area contributed by atoms with E-state index in [9.17, 15) is 13.2 Å². The Morgan fingerprint density at radius 1 is 1.46 bits per heavy atom. The summed E-state index contributed by atoms with van der Waals surface area (Å²) in [4.78, 5) is 3.63. The number of aliphatic hydroxyl groups is 1. The van der Waals surface area contributed by atoms with Gasteiger partial charge in [-0.3, -0.25) is 0 Å². The molecule has 0 saturated carbocycles. The summed E-state index contributed by atoms with van der Waals surface area (Å²) in [6.07, 6.45) is 0.272. The number of fused-ring (bicyclic) bond motifs is 1. The molecule has 0 aromatic carbocycles. The molecular formula is C15H21F3N4O2. The van der Waals surface area contributed by atoms with E-state index in [1.165, 1.54) is 20.0 Å². The van der Waals surface area contributed by atoms with Crippen LogP contribution in [0.15, 0.2) is 12.3 Å². The lowest BCUT2D eigenvalue weighted by Crippen LogP contribution is -2.29. The summed E-state index contributed by atoms with van der Waals surface area (Å²) >= 11 is 0. The average Bonchev–Trinajstić information content (AvgIpc) is 2.85. The van der Waals surface area contributed by atoms with Crippen LogP contribution in [0.25, 0.3) is 5.52 Å². The Kier molecular flexibility index (Phi) is 5.66. The summed E-state index contributed by atoms with van der Waals surface area (Å²) in [5, 5.41) is 12.5. The van der Waals surface area contributed by atoms with Gasteiger partial charge < -0.3 is 15.6 Å². The minimum atomic E-state index is -2.64. The molecule has 24 heavy (non-hydrogen) atoms. The van der Waals surface area contributed by atoms with E-state index in [2.05, 4.69) is 10.1 Å². The molecule has 1 atom stereocenters. The standard InChI is InChI=1S/C10H11F3N4.C5H10O2/c1-10(2,8(12)13)7-3-5(11)6-4-15-9(14)16-17(6)7;6-5-2-1-3-7-4-5/h3-4,8H,1-2H3,(H2,14,16);5-6H,1-4H2. The van der Waals surface area contributed by atoms with Crippen molar-refractivity contribution in [1.82, 2.24) is 14.6 Å². The fraction of sp³-hybridized carbons (Fsp3) is 0.600. The first-order valence-corrected chi connectivity index (χ1v) is 7.57. The highest BCUT2D eigenvalue weighted by Gasteiger charge is 2.35. The van der Waals surface area contributed by atoms with Crippen molar-refractivity contribution in [3.63, 3.8) is 0 Å². The van der Waals surface area contributed by atoms with Gasteiger partial charge in [0.05, 0.1) is 30.0 Å². The fourth-order valence-corrected chi connectivity index (χ4v) is 2.26. The second-order valence-electron chi connectivity index (χ2n) is 6.18. The second-order valence-corrected chi connectivity index (χ2v) is 6.18. The molecule has 0 amide bonds. The molecule has 3 heterocycles. The van der Waals surface area contributed by atoms with Crippen molar-refractivity contribution in [3.05, 3.63) is 23.8 Å². The zero-order valence-corrected chi connectivity index (χ0v) is 13.5. The van der Waals surface area contributed by atoms with E-state index in [1.807, 2.05) is 0 Å². The molecule has 1 saturated heterocycles. The fourth-order valence-electron chi connectivity index (χ4n) is 2.26. The Morgan fingerprint density at radius 3 is 2.67 bits per heavy atom. The summed E-state index contributed by atoms with van der Waals surface area (Å²) < 4.78 is 45.4. The highest BCUT2D eigenvalue weighted by molar-refractivity contribution is 5.50. The van der Waals surface area contributed by atoms with Crippen molar-refractivity contribution < 1.29 is 23.0 Å². The molecule has 1 aliphatic rings. The minimum absolute atomic E-state index is 0.0305. The molecule has 0 aliphatic carbocycles. The number of anilines is 1. The van der Waals surface area contributed by atoms with Gasteiger partial charge in [0.25, 0.3) is 0 Å². The van der Waals surface area contributed by atoms with Crippen LogP contribution >= 0.6 is 0 Å². The molecule has 0 spiro atoms. The van der Waals surface area contributed by atoms with E-state index in [-0.39, 0.29) is 23.3 Å². The van der Waals surface area contributed by atoms with Crippen molar-refractivity contribution in [1.29, 1.82) is 0 Å². The van der Waals surface area contributed by atoms with Crippen LogP contribution in [-0.4, -0.2) is 45.4 Å². The van der Waals surface area contributed by atoms with Crippen LogP contribution in [0.5, 0.6) is 0 Å². The van der Waals surface area contributed by atoms with Crippen LogP contribution in [0.4, 0.5) is 19.1 Å². The summed E-state index contributed by atoms with van der Waals surface area (Å²) in [7, 11) is 0. The average molecular weight is 346 g/mol. The first-order chi connectivity index (χ1) is 11.2. The van der Waals surface area contributed by atoms with Crippen LogP contribution < -0.4 is 5.73 Å². The number of rotatable bonds is 2. The predicted octanol–water partition coefficient (Wildman–Crippen LogP) is 2.15. The number of halogens is 3. The lowest BCUT2D eigenvalue weighted by atomic mass is 9.90. The largest absolute Gasteiger partial charge is 0.391 e. The summed E-state index contributed by atoms with van der Waals surface area (Å²) in [5.74, 6) is -0.742. The number of hydrogen-bond acceptors (Lipinski definition) is 5. The SMILES string of the molecule is CC(C)(c1cc(F)c2cnc(N)nn12)C(F)F.OC1CCCOC1. The topological polar surface area (TPSA) is 85.7 Å². The zero-order valence-electron chi connectivity index (χ0n) is 13.5. The van der Waals surface area contributed by atoms with E-state index < -0.39 is 17.7 Å². The molecule has 1 unspecified atom stereocenters. The van der Waals surface area contributed by atoms with E-state index >= 15 is 0 Å². The quantitative estimate of drug-likeness (QED) is 0.870. The Bertz CT molecular complexity index is 685. The first kappa shape index (κ1) is 18.5. The molecule has 0 radical (unpaired) electrons. The van der Waals surface area contributed by atoms with Gasteiger partial charge in [0.1, 0.15) is 5.52 Å². The normalized spacial score (nSPS) is 18.5. The summed E-state index contributed by atoms with van der Waals surface area (Å²) in [5.41, 5.74) is 3.94. The number of hydrogen-bond donors (Lipinski definition) is 2. The van der Waals surface area contributed by atoms with Gasteiger partial charge in [-0.15, -0.1) is 5.10 Å². The molecule has 3 N–H and O–H groups in total. The van der Waals surface area contributed by atoms with E-state index in [0.717, 1.165) is 30.0 Å². The molecule has 6 nitrogen and oxygen atoms in total. The summed E-state index contributed by atoms with van der Waals surface area (Å²) in [6.45, 7) is 4.01. The van der Waals surface area contributed by atoms with Crippen LogP contribution in [0.3, 0.4) is 0 Å². The maximum Gasteiger partial charge on any atom is 0.249 e. The van der Waals surface area contributed by atoms with Gasteiger partial charge in [0, 0.05) is 6.61 Å². The van der Waals surface area contributed by atoms with Crippen LogP contribution in [0, 0.1) is 5.82 Å². The second kappa shape index (κ2) is 7.35. The maximum atomic E-state index is 13.5. The zero-order chi connectivity index (χ0) is 17.9. The Hall–Kier alpha value is -1.87. The predicted molar refractivity (Wildman–Crippen MR) is 82.4 cm³/mol. The lowest BCUT2D eigenvalue weighted by molar-refractivity contribution is -0.00535. The van der Waals surface area contributed by atoms with Gasteiger partial charge >= 0.3 is 0 Å². The summed E-state index contributed by atoms with van der Waals surface area (Å²) in [6, 6.07) is 1.04. The Morgan fingerprint density at radius 2 is 2.17 bits per heavy atom. The van der Waals surface area contributed by atoms with E-state index in [0.29, 0.717) is 6.61 Å². The van der Waals surface area contributed by atoms with Gasteiger partial charge in [-0.1, -0.05) is 0 Å². The third-order valence-corrected chi connectivity index (χ3v) is 3.83. The molecule has 1 aliphatic heterocycles. The number of ether oxygens (including phenoxy) is 1. The third kappa shape index (κ3) is 3.96. The number of nitrogens with zero attached hydrogens (tertiary/aromatic N) is 3. The number of aromatic nitrogens is 3. The molecule has 0 bridgehead atoms. The monoisotopic (exact) mass is 346 g/mol. The maximum absolute atomic E-state index is 13.5. The van der Waals surface area contributed by atoms with Gasteiger partial charge in [0.2, 0.25) is 12.4 Å². The highest BCUT2D eigenvalue weighted by atomic mass is 19.3.